The van der Waals surface area contributed by atoms with Crippen LogP contribution in [-0.2, 0) is 4.79 Å². The molecule has 2 amide bonds. The van der Waals surface area contributed by atoms with Gasteiger partial charge in [0.2, 0.25) is 0 Å². The smallest absolute Gasteiger partial charge is 0.279 e. The molecule has 6 nitrogen and oxygen atoms in total. The second-order valence-corrected chi connectivity index (χ2v) is 6.42. The molecular formula is C20H24N2O4. The Labute approximate surface area is 153 Å². The second-order valence-electron chi connectivity index (χ2n) is 6.42. The first-order valence-corrected chi connectivity index (χ1v) is 8.45. The summed E-state index contributed by atoms with van der Waals surface area (Å²) in [6.07, 6.45) is -0.807. The standard InChI is InChI=1S/C20H24N2O4/c1-12(2)15-10-9-13(3)11-18(15)26-14(4)19(24)21-22-20(25)16-7-5-6-8-17(16)23/h5-12,14,23H,1-4H3,(H,21,24)(H,22,25). The van der Waals surface area contributed by atoms with Crippen LogP contribution >= 0.6 is 0 Å². The van der Waals surface area contributed by atoms with Gasteiger partial charge < -0.3 is 9.84 Å². The lowest BCUT2D eigenvalue weighted by molar-refractivity contribution is -0.128. The van der Waals surface area contributed by atoms with Crippen molar-refractivity contribution >= 4 is 11.8 Å². The molecule has 1 unspecified atom stereocenters. The molecule has 0 aliphatic rings. The van der Waals surface area contributed by atoms with E-state index in [1.54, 1.807) is 19.1 Å². The van der Waals surface area contributed by atoms with Crippen molar-refractivity contribution < 1.29 is 19.4 Å². The van der Waals surface area contributed by atoms with Crippen molar-refractivity contribution in [1.29, 1.82) is 0 Å². The molecule has 0 aromatic heterocycles. The van der Waals surface area contributed by atoms with Gasteiger partial charge in [-0.05, 0) is 49.1 Å². The molecule has 0 aliphatic carbocycles. The van der Waals surface area contributed by atoms with Crippen molar-refractivity contribution in [2.45, 2.75) is 39.7 Å². The van der Waals surface area contributed by atoms with Crippen molar-refractivity contribution in [1.82, 2.24) is 10.9 Å². The summed E-state index contributed by atoms with van der Waals surface area (Å²) >= 11 is 0. The molecule has 0 radical (unpaired) electrons. The maximum absolute atomic E-state index is 12.2. The Bertz CT molecular complexity index is 802. The highest BCUT2D eigenvalue weighted by Crippen LogP contribution is 2.28. The number of phenols is 1. The quantitative estimate of drug-likeness (QED) is 0.719. The Hall–Kier alpha value is -3.02. The SMILES string of the molecule is Cc1ccc(C(C)C)c(OC(C)C(=O)NNC(=O)c2ccccc2O)c1. The average molecular weight is 356 g/mol. The van der Waals surface area contributed by atoms with Crippen LogP contribution in [0.3, 0.4) is 0 Å². The van der Waals surface area contributed by atoms with Crippen molar-refractivity contribution in [3.05, 3.63) is 59.2 Å². The molecule has 2 rings (SSSR count). The molecule has 0 saturated carbocycles. The summed E-state index contributed by atoms with van der Waals surface area (Å²) in [5.41, 5.74) is 6.70. The number of benzene rings is 2. The molecule has 6 heteroatoms. The van der Waals surface area contributed by atoms with Gasteiger partial charge in [0, 0.05) is 0 Å². The van der Waals surface area contributed by atoms with E-state index in [9.17, 15) is 14.7 Å². The molecule has 0 spiro atoms. The number of rotatable bonds is 5. The minimum absolute atomic E-state index is 0.0714. The summed E-state index contributed by atoms with van der Waals surface area (Å²) in [4.78, 5) is 24.2. The minimum atomic E-state index is -0.807. The van der Waals surface area contributed by atoms with Crippen LogP contribution in [0.5, 0.6) is 11.5 Å². The third kappa shape index (κ3) is 4.75. The van der Waals surface area contributed by atoms with Crippen LogP contribution < -0.4 is 15.6 Å². The number of phenolic OH excluding ortho intramolecular Hbond substituents is 1. The molecule has 138 valence electrons. The van der Waals surface area contributed by atoms with E-state index < -0.39 is 17.9 Å². The lowest BCUT2D eigenvalue weighted by Crippen LogP contribution is -2.47. The zero-order valence-electron chi connectivity index (χ0n) is 15.4. The summed E-state index contributed by atoms with van der Waals surface area (Å²) in [6, 6.07) is 12.0. The molecule has 2 aromatic carbocycles. The molecule has 0 fully saturated rings. The van der Waals surface area contributed by atoms with Gasteiger partial charge >= 0.3 is 0 Å². The lowest BCUT2D eigenvalue weighted by Gasteiger charge is -2.19. The normalized spacial score (nSPS) is 11.7. The number of aromatic hydroxyl groups is 1. The van der Waals surface area contributed by atoms with Gasteiger partial charge in [-0.1, -0.05) is 38.1 Å². The molecule has 0 bridgehead atoms. The van der Waals surface area contributed by atoms with Crippen LogP contribution in [0.2, 0.25) is 0 Å². The number of nitrogens with one attached hydrogen (secondary N) is 2. The van der Waals surface area contributed by atoms with E-state index in [4.69, 9.17) is 4.74 Å². The van der Waals surface area contributed by atoms with Gasteiger partial charge in [0.1, 0.15) is 11.5 Å². The van der Waals surface area contributed by atoms with Crippen LogP contribution in [0, 0.1) is 6.92 Å². The van der Waals surface area contributed by atoms with Crippen LogP contribution in [0.15, 0.2) is 42.5 Å². The van der Waals surface area contributed by atoms with E-state index in [1.165, 1.54) is 12.1 Å². The number of hydrazine groups is 1. The predicted molar refractivity (Wildman–Crippen MR) is 99.1 cm³/mol. The van der Waals surface area contributed by atoms with Crippen LogP contribution in [0.1, 0.15) is 48.2 Å². The molecule has 2 aromatic rings. The Morgan fingerprint density at radius 2 is 1.73 bits per heavy atom. The van der Waals surface area contributed by atoms with Crippen molar-refractivity contribution in [3.8, 4) is 11.5 Å². The van der Waals surface area contributed by atoms with Crippen LogP contribution in [-0.4, -0.2) is 23.0 Å². The fourth-order valence-corrected chi connectivity index (χ4v) is 2.42. The molecule has 0 heterocycles. The summed E-state index contributed by atoms with van der Waals surface area (Å²) in [6.45, 7) is 7.66. The van der Waals surface area contributed by atoms with Gasteiger partial charge in [-0.2, -0.15) is 0 Å². The predicted octanol–water partition coefficient (Wildman–Crippen LogP) is 3.05. The largest absolute Gasteiger partial charge is 0.507 e. The Kier molecular flexibility index (Phi) is 6.22. The second kappa shape index (κ2) is 8.38. The molecule has 26 heavy (non-hydrogen) atoms. The maximum atomic E-state index is 12.2. The average Bonchev–Trinajstić information content (AvgIpc) is 2.59. The first-order chi connectivity index (χ1) is 12.3. The van der Waals surface area contributed by atoms with Crippen molar-refractivity contribution in [3.63, 3.8) is 0 Å². The van der Waals surface area contributed by atoms with Gasteiger partial charge in [0.05, 0.1) is 5.56 Å². The summed E-state index contributed by atoms with van der Waals surface area (Å²) in [5, 5.41) is 9.66. The zero-order chi connectivity index (χ0) is 19.3. The Morgan fingerprint density at radius 1 is 1.04 bits per heavy atom. The Balaban J connectivity index is 1.99. The summed E-state index contributed by atoms with van der Waals surface area (Å²) in [5.74, 6) is -0.367. The molecule has 3 N–H and O–H groups in total. The van der Waals surface area contributed by atoms with Crippen molar-refractivity contribution in [2.24, 2.45) is 0 Å². The highest BCUT2D eigenvalue weighted by Gasteiger charge is 2.19. The highest BCUT2D eigenvalue weighted by atomic mass is 16.5. The summed E-state index contributed by atoms with van der Waals surface area (Å²) < 4.78 is 5.80. The van der Waals surface area contributed by atoms with Crippen molar-refractivity contribution in [2.75, 3.05) is 0 Å². The topological polar surface area (TPSA) is 87.7 Å². The van der Waals surface area contributed by atoms with Gasteiger partial charge in [0.25, 0.3) is 11.8 Å². The number of hydrogen-bond acceptors (Lipinski definition) is 4. The third-order valence-electron chi connectivity index (χ3n) is 3.91. The fraction of sp³-hybridized carbons (Fsp3) is 0.300. The molecular weight excluding hydrogens is 332 g/mol. The van der Waals surface area contributed by atoms with Crippen LogP contribution in [0.4, 0.5) is 0 Å². The Morgan fingerprint density at radius 3 is 2.38 bits per heavy atom. The van der Waals surface area contributed by atoms with Gasteiger partial charge in [0.15, 0.2) is 6.10 Å². The first kappa shape index (κ1) is 19.3. The third-order valence-corrected chi connectivity index (χ3v) is 3.91. The monoisotopic (exact) mass is 356 g/mol. The summed E-state index contributed by atoms with van der Waals surface area (Å²) in [7, 11) is 0. The first-order valence-electron chi connectivity index (χ1n) is 8.45. The minimum Gasteiger partial charge on any atom is -0.507 e. The van der Waals surface area contributed by atoms with E-state index in [-0.39, 0.29) is 17.2 Å². The number of hydrogen-bond donors (Lipinski definition) is 3. The molecule has 1 atom stereocenters. The van der Waals surface area contributed by atoms with E-state index in [0.717, 1.165) is 11.1 Å². The zero-order valence-corrected chi connectivity index (χ0v) is 15.4. The van der Waals surface area contributed by atoms with E-state index in [2.05, 4.69) is 24.7 Å². The number of aryl methyl sites for hydroxylation is 1. The molecule has 0 saturated heterocycles. The number of carbonyl (C=O) groups is 2. The lowest BCUT2D eigenvalue weighted by atomic mass is 10.0. The number of ether oxygens (including phenoxy) is 1. The number of carbonyl (C=O) groups excluding carboxylic acids is 2. The highest BCUT2D eigenvalue weighted by molar-refractivity contribution is 5.98. The van der Waals surface area contributed by atoms with E-state index in [1.807, 2.05) is 25.1 Å². The number of amides is 2. The van der Waals surface area contributed by atoms with Gasteiger partial charge in [-0.3, -0.25) is 20.4 Å². The van der Waals surface area contributed by atoms with Gasteiger partial charge in [-0.25, -0.2) is 0 Å². The fourth-order valence-electron chi connectivity index (χ4n) is 2.42. The van der Waals surface area contributed by atoms with Gasteiger partial charge in [-0.15, -0.1) is 0 Å². The van der Waals surface area contributed by atoms with E-state index >= 15 is 0 Å². The number of para-hydroxylation sites is 1. The molecule has 0 aliphatic heterocycles. The van der Waals surface area contributed by atoms with Crippen LogP contribution in [0.25, 0.3) is 0 Å². The maximum Gasteiger partial charge on any atom is 0.279 e. The van der Waals surface area contributed by atoms with E-state index in [0.29, 0.717) is 5.75 Å².